The summed E-state index contributed by atoms with van der Waals surface area (Å²) >= 11 is 4.31. The van der Waals surface area contributed by atoms with Crippen molar-refractivity contribution in [2.24, 2.45) is 0 Å². The summed E-state index contributed by atoms with van der Waals surface area (Å²) in [6.07, 6.45) is 4.77. The Morgan fingerprint density at radius 3 is 2.03 bits per heavy atom. The molecular weight excluding hydrogens is 502 g/mol. The number of nitrogens with one attached hydrogen (secondary N) is 2. The number of carbonyl (C=O) groups is 3. The van der Waals surface area contributed by atoms with Gasteiger partial charge in [0.2, 0.25) is 5.91 Å². The molecular formula is C29H37N3O5S. The molecule has 8 nitrogen and oxygen atoms in total. The maximum atomic E-state index is 14.0. The van der Waals surface area contributed by atoms with Crippen molar-refractivity contribution in [1.82, 2.24) is 10.2 Å². The molecule has 3 amide bonds. The summed E-state index contributed by atoms with van der Waals surface area (Å²) in [6.45, 7) is 10.6. The number of thiol groups is 1. The van der Waals surface area contributed by atoms with Crippen LogP contribution in [0, 0.1) is 12.3 Å². The highest BCUT2D eigenvalue weighted by Gasteiger charge is 2.41. The summed E-state index contributed by atoms with van der Waals surface area (Å²) < 4.78 is 10.5. The number of methoxy groups -OCH3 is 1. The first kappa shape index (κ1) is 30.6. The van der Waals surface area contributed by atoms with Crippen molar-refractivity contribution in [3.63, 3.8) is 0 Å². The van der Waals surface area contributed by atoms with Gasteiger partial charge in [-0.3, -0.25) is 9.59 Å². The fourth-order valence-electron chi connectivity index (χ4n) is 3.71. The number of alkyl carbamates (subject to hydrolysis) is 1. The number of rotatable bonds is 8. The fraction of sp³-hybridized carbons (Fsp3) is 0.414. The minimum absolute atomic E-state index is 0.00644. The van der Waals surface area contributed by atoms with Crippen molar-refractivity contribution in [1.29, 1.82) is 0 Å². The van der Waals surface area contributed by atoms with Crippen molar-refractivity contribution in [3.8, 4) is 18.1 Å². The van der Waals surface area contributed by atoms with Crippen molar-refractivity contribution >= 4 is 36.2 Å². The van der Waals surface area contributed by atoms with Crippen LogP contribution in [0.15, 0.2) is 48.5 Å². The van der Waals surface area contributed by atoms with Gasteiger partial charge in [-0.1, -0.05) is 18.1 Å². The highest BCUT2D eigenvalue weighted by molar-refractivity contribution is 7.80. The number of ether oxygens (including phenoxy) is 2. The van der Waals surface area contributed by atoms with Crippen LogP contribution in [0.1, 0.15) is 58.7 Å². The smallest absolute Gasteiger partial charge is 0.408 e. The maximum absolute atomic E-state index is 14.0. The van der Waals surface area contributed by atoms with Gasteiger partial charge in [0.05, 0.1) is 7.11 Å². The average Bonchev–Trinajstić information content (AvgIpc) is 2.84. The summed E-state index contributed by atoms with van der Waals surface area (Å²) in [7, 11) is 1.56. The van der Waals surface area contributed by atoms with E-state index in [9.17, 15) is 14.4 Å². The molecule has 0 spiro atoms. The first-order chi connectivity index (χ1) is 17.7. The number of benzene rings is 2. The van der Waals surface area contributed by atoms with Crippen molar-refractivity contribution in [2.75, 3.05) is 18.2 Å². The molecule has 38 heavy (non-hydrogen) atoms. The standard InChI is InChI=1S/C29H37N3O5S/c1-9-19-10-12-20(13-11-19)24(25(33)30-21-14-16-22(36-8)17-15-21)32(28(2,3)4)26(34)23(18-38)31-27(35)37-29(5,6)7/h1,10-17,23-24,38H,18H2,2-8H3,(H,30,33)(H,31,35). The molecule has 2 aromatic carbocycles. The Kier molecular flexibility index (Phi) is 10.3. The van der Waals surface area contributed by atoms with E-state index in [1.54, 1.807) is 76.4 Å². The van der Waals surface area contributed by atoms with Crippen LogP contribution in [0.4, 0.5) is 10.5 Å². The predicted octanol–water partition coefficient (Wildman–Crippen LogP) is 4.81. The van der Waals surface area contributed by atoms with Gasteiger partial charge in [-0.25, -0.2) is 4.79 Å². The molecule has 0 aromatic heterocycles. The maximum Gasteiger partial charge on any atom is 0.408 e. The highest BCUT2D eigenvalue weighted by atomic mass is 32.1. The molecule has 2 atom stereocenters. The molecule has 0 saturated carbocycles. The molecule has 0 aliphatic rings. The molecule has 0 bridgehead atoms. The second kappa shape index (κ2) is 12.7. The third-order valence-corrected chi connectivity index (χ3v) is 5.75. The van der Waals surface area contributed by atoms with Gasteiger partial charge in [0.15, 0.2) is 0 Å². The molecule has 0 aliphatic carbocycles. The van der Waals surface area contributed by atoms with Gasteiger partial charge in [-0.15, -0.1) is 6.42 Å². The van der Waals surface area contributed by atoms with Gasteiger partial charge in [-0.2, -0.15) is 12.6 Å². The zero-order chi connectivity index (χ0) is 28.7. The first-order valence-corrected chi connectivity index (χ1v) is 12.8. The molecule has 0 radical (unpaired) electrons. The van der Waals surface area contributed by atoms with Crippen LogP contribution in [-0.4, -0.2) is 52.9 Å². The van der Waals surface area contributed by atoms with Crippen LogP contribution in [0.5, 0.6) is 5.75 Å². The van der Waals surface area contributed by atoms with Gasteiger partial charge in [0.25, 0.3) is 5.91 Å². The second-order valence-electron chi connectivity index (χ2n) is 10.6. The summed E-state index contributed by atoms with van der Waals surface area (Å²) in [5.41, 5.74) is 0.128. The van der Waals surface area contributed by atoms with Crippen molar-refractivity contribution in [2.45, 2.75) is 64.8 Å². The third kappa shape index (κ3) is 8.45. The summed E-state index contributed by atoms with van der Waals surface area (Å²) in [6, 6.07) is 11.6. The minimum Gasteiger partial charge on any atom is -0.497 e. The lowest BCUT2D eigenvalue weighted by molar-refractivity contribution is -0.146. The zero-order valence-electron chi connectivity index (χ0n) is 23.0. The number of nitrogens with zero attached hydrogens (tertiary/aromatic N) is 1. The van der Waals surface area contributed by atoms with Crippen LogP contribution >= 0.6 is 12.6 Å². The Bertz CT molecular complexity index is 1160. The van der Waals surface area contributed by atoms with Crippen LogP contribution in [-0.2, 0) is 14.3 Å². The van der Waals surface area contributed by atoms with Crippen LogP contribution in [0.3, 0.4) is 0 Å². The summed E-state index contributed by atoms with van der Waals surface area (Å²) in [5, 5.41) is 5.50. The van der Waals surface area contributed by atoms with E-state index in [1.807, 2.05) is 20.8 Å². The van der Waals surface area contributed by atoms with E-state index in [0.717, 1.165) is 0 Å². The minimum atomic E-state index is -1.06. The molecule has 2 N–H and O–H groups in total. The van der Waals surface area contributed by atoms with Crippen molar-refractivity contribution in [3.05, 3.63) is 59.7 Å². The Morgan fingerprint density at radius 1 is 1.00 bits per heavy atom. The van der Waals surface area contributed by atoms with Gasteiger partial charge < -0.3 is 25.0 Å². The van der Waals surface area contributed by atoms with Crippen LogP contribution in [0.25, 0.3) is 0 Å². The molecule has 0 saturated heterocycles. The Balaban J connectivity index is 2.53. The van der Waals surface area contributed by atoms with Crippen LogP contribution in [0.2, 0.25) is 0 Å². The average molecular weight is 540 g/mol. The van der Waals surface area contributed by atoms with Gasteiger partial charge >= 0.3 is 6.09 Å². The second-order valence-corrected chi connectivity index (χ2v) is 11.0. The molecule has 0 aliphatic heterocycles. The van der Waals surface area contributed by atoms with Crippen molar-refractivity contribution < 1.29 is 23.9 Å². The van der Waals surface area contributed by atoms with Gasteiger partial charge in [0.1, 0.15) is 23.4 Å². The largest absolute Gasteiger partial charge is 0.497 e. The van der Waals surface area contributed by atoms with E-state index in [-0.39, 0.29) is 5.75 Å². The summed E-state index contributed by atoms with van der Waals surface area (Å²) in [4.78, 5) is 41.8. The molecule has 0 fully saturated rings. The number of amides is 3. The predicted molar refractivity (Wildman–Crippen MR) is 152 cm³/mol. The molecule has 2 rings (SSSR count). The van der Waals surface area contributed by atoms with Gasteiger partial charge in [-0.05, 0) is 83.5 Å². The number of anilines is 1. The molecule has 9 heteroatoms. The molecule has 204 valence electrons. The Hall–Kier alpha value is -3.64. The normalized spacial score (nSPS) is 12.9. The number of terminal acetylenes is 1. The van der Waals surface area contributed by atoms with E-state index in [1.165, 1.54) is 4.90 Å². The zero-order valence-corrected chi connectivity index (χ0v) is 23.9. The van der Waals surface area contributed by atoms with E-state index in [4.69, 9.17) is 15.9 Å². The quantitative estimate of drug-likeness (QED) is 0.331. The van der Waals surface area contributed by atoms with E-state index in [0.29, 0.717) is 22.6 Å². The fourth-order valence-corrected chi connectivity index (χ4v) is 3.96. The van der Waals surface area contributed by atoms with E-state index >= 15 is 0 Å². The molecule has 2 unspecified atom stereocenters. The summed E-state index contributed by atoms with van der Waals surface area (Å²) in [5.74, 6) is 2.26. The van der Waals surface area contributed by atoms with E-state index in [2.05, 4.69) is 29.2 Å². The Morgan fingerprint density at radius 2 is 1.58 bits per heavy atom. The number of carbonyl (C=O) groups excluding carboxylic acids is 3. The molecule has 0 heterocycles. The monoisotopic (exact) mass is 539 g/mol. The lowest BCUT2D eigenvalue weighted by Crippen LogP contribution is -2.58. The topological polar surface area (TPSA) is 97.0 Å². The number of hydrogen-bond acceptors (Lipinski definition) is 6. The van der Waals surface area contributed by atoms with Crippen LogP contribution < -0.4 is 15.4 Å². The first-order valence-electron chi connectivity index (χ1n) is 12.1. The highest BCUT2D eigenvalue weighted by Crippen LogP contribution is 2.31. The third-order valence-electron chi connectivity index (χ3n) is 5.39. The number of hydrogen-bond donors (Lipinski definition) is 3. The Labute approximate surface area is 230 Å². The molecule has 2 aromatic rings. The lowest BCUT2D eigenvalue weighted by Gasteiger charge is -2.43. The lowest BCUT2D eigenvalue weighted by atomic mass is 9.95. The SMILES string of the molecule is C#Cc1ccc(C(C(=O)Nc2ccc(OC)cc2)N(C(=O)C(CS)NC(=O)OC(C)(C)C)C(C)(C)C)cc1. The van der Waals surface area contributed by atoms with Gasteiger partial charge in [0, 0.05) is 22.5 Å². The van der Waals surface area contributed by atoms with E-state index < -0.39 is 41.1 Å².